The third kappa shape index (κ3) is 5.23. The van der Waals surface area contributed by atoms with Crippen LogP contribution >= 0.6 is 22.6 Å². The van der Waals surface area contributed by atoms with Gasteiger partial charge in [0, 0.05) is 22.9 Å². The first-order valence-corrected chi connectivity index (χ1v) is 13.1. The van der Waals surface area contributed by atoms with Crippen molar-refractivity contribution in [2.75, 3.05) is 11.0 Å². The van der Waals surface area contributed by atoms with Crippen LogP contribution in [0.5, 0.6) is 0 Å². The normalized spacial score (nSPS) is 11.6. The summed E-state index contributed by atoms with van der Waals surface area (Å²) >= 11 is 2.10. The molecule has 0 aliphatic heterocycles. The highest BCUT2D eigenvalue weighted by Crippen LogP contribution is 2.22. The second-order valence-electron chi connectivity index (χ2n) is 7.18. The van der Waals surface area contributed by atoms with E-state index < -0.39 is 10.0 Å². The van der Waals surface area contributed by atoms with E-state index in [9.17, 15) is 17.6 Å². The molecule has 0 saturated carbocycles. The maximum absolute atomic E-state index is 13.3. The van der Waals surface area contributed by atoms with Crippen molar-refractivity contribution in [1.82, 2.24) is 19.8 Å². The first-order valence-electron chi connectivity index (χ1n) is 10.0. The molecule has 0 aliphatic rings. The van der Waals surface area contributed by atoms with Crippen LogP contribution in [0.2, 0.25) is 0 Å². The van der Waals surface area contributed by atoms with E-state index in [1.165, 1.54) is 24.3 Å². The molecule has 4 aromatic rings. The number of nitrogens with one attached hydrogen (secondary N) is 2. The number of benzene rings is 3. The van der Waals surface area contributed by atoms with E-state index in [1.807, 2.05) is 6.07 Å². The molecule has 33 heavy (non-hydrogen) atoms. The summed E-state index contributed by atoms with van der Waals surface area (Å²) < 4.78 is 42.5. The zero-order valence-electron chi connectivity index (χ0n) is 17.3. The molecule has 0 spiro atoms. The Labute approximate surface area is 204 Å². The lowest BCUT2D eigenvalue weighted by Gasteiger charge is -2.09. The van der Waals surface area contributed by atoms with Crippen molar-refractivity contribution in [2.45, 2.75) is 11.4 Å². The fourth-order valence-electron chi connectivity index (χ4n) is 3.36. The number of carbonyl (C=O) groups excluding carboxylic acids is 1. The Bertz CT molecular complexity index is 1390. The van der Waals surface area contributed by atoms with Gasteiger partial charge < -0.3 is 5.32 Å². The van der Waals surface area contributed by atoms with E-state index in [4.69, 9.17) is 0 Å². The third-order valence-corrected chi connectivity index (χ3v) is 7.02. The molecule has 4 rings (SSSR count). The molecule has 0 radical (unpaired) electrons. The van der Waals surface area contributed by atoms with Gasteiger partial charge in [0.15, 0.2) is 0 Å². The van der Waals surface area contributed by atoms with Crippen LogP contribution in [0.1, 0.15) is 15.9 Å². The topological polar surface area (TPSA) is 93.1 Å². The maximum atomic E-state index is 13.3. The average molecular weight is 578 g/mol. The molecule has 1 heterocycles. The van der Waals surface area contributed by atoms with Gasteiger partial charge in [-0.05, 0) is 54.1 Å². The molecule has 0 atom stereocenters. The van der Waals surface area contributed by atoms with E-state index in [-0.39, 0.29) is 23.2 Å². The van der Waals surface area contributed by atoms with E-state index in [0.29, 0.717) is 27.6 Å². The summed E-state index contributed by atoms with van der Waals surface area (Å²) in [5.41, 5.74) is 2.64. The number of carbonyl (C=O) groups is 1. The molecular weight excluding hydrogens is 558 g/mol. The van der Waals surface area contributed by atoms with Crippen molar-refractivity contribution in [3.05, 3.63) is 89.9 Å². The number of hydrogen-bond acceptors (Lipinski definition) is 4. The van der Waals surface area contributed by atoms with Gasteiger partial charge in [-0.1, -0.05) is 40.8 Å². The Kier molecular flexibility index (Phi) is 7.05. The van der Waals surface area contributed by atoms with Gasteiger partial charge in [-0.3, -0.25) is 4.79 Å². The highest BCUT2D eigenvalue weighted by Gasteiger charge is 2.15. The van der Waals surface area contributed by atoms with Crippen LogP contribution in [0.3, 0.4) is 0 Å². The molecule has 0 fully saturated rings. The standard InChI is InChI=1S/C23H20FIN4O3S/c24-17-6-8-18(9-7-17)29-22-3-1-2-20(21(22)15-27-29)23(30)26-14-16-4-10-19(11-5-16)33(31,32)28-13-12-25/h1-11,15,28H,12-14H2,(H,26,30). The van der Waals surface area contributed by atoms with E-state index >= 15 is 0 Å². The van der Waals surface area contributed by atoms with Gasteiger partial charge in [0.1, 0.15) is 5.82 Å². The van der Waals surface area contributed by atoms with Crippen LogP contribution in [-0.2, 0) is 16.6 Å². The Hall–Kier alpha value is -2.83. The second-order valence-corrected chi connectivity index (χ2v) is 10.0. The van der Waals surface area contributed by atoms with Crippen LogP contribution in [-0.4, -0.2) is 35.1 Å². The van der Waals surface area contributed by atoms with Crippen LogP contribution in [0.25, 0.3) is 16.6 Å². The van der Waals surface area contributed by atoms with Crippen molar-refractivity contribution in [3.63, 3.8) is 0 Å². The minimum absolute atomic E-state index is 0.181. The lowest BCUT2D eigenvalue weighted by molar-refractivity contribution is 0.0952. The van der Waals surface area contributed by atoms with Gasteiger partial charge in [0.05, 0.1) is 27.9 Å². The molecule has 0 saturated heterocycles. The second kappa shape index (κ2) is 9.98. The molecule has 10 heteroatoms. The Balaban J connectivity index is 1.49. The van der Waals surface area contributed by atoms with Crippen molar-refractivity contribution in [2.24, 2.45) is 0 Å². The summed E-state index contributed by atoms with van der Waals surface area (Å²) in [6.07, 6.45) is 1.61. The van der Waals surface area contributed by atoms with E-state index in [2.05, 4.69) is 37.7 Å². The molecule has 0 unspecified atom stereocenters. The zero-order valence-corrected chi connectivity index (χ0v) is 20.3. The van der Waals surface area contributed by atoms with Gasteiger partial charge in [0.25, 0.3) is 5.91 Å². The predicted octanol–water partition coefficient (Wildman–Crippen LogP) is 3.81. The monoisotopic (exact) mass is 578 g/mol. The first kappa shape index (κ1) is 23.3. The lowest BCUT2D eigenvalue weighted by atomic mass is 10.1. The smallest absolute Gasteiger partial charge is 0.252 e. The summed E-state index contributed by atoms with van der Waals surface area (Å²) in [4.78, 5) is 13.0. The van der Waals surface area contributed by atoms with Crippen LogP contribution in [0, 0.1) is 5.82 Å². The summed E-state index contributed by atoms with van der Waals surface area (Å²) in [6, 6.07) is 17.7. The predicted molar refractivity (Wildman–Crippen MR) is 133 cm³/mol. The Morgan fingerprint density at radius 3 is 2.45 bits per heavy atom. The SMILES string of the molecule is O=C(NCc1ccc(S(=O)(=O)NCCI)cc1)c1cccc2c1cnn2-c1ccc(F)cc1. The van der Waals surface area contributed by atoms with Crippen molar-refractivity contribution in [3.8, 4) is 5.69 Å². The van der Waals surface area contributed by atoms with E-state index in [1.54, 1.807) is 47.3 Å². The molecule has 1 aromatic heterocycles. The zero-order chi connectivity index (χ0) is 23.4. The summed E-state index contributed by atoms with van der Waals surface area (Å²) in [7, 11) is -3.53. The highest BCUT2D eigenvalue weighted by molar-refractivity contribution is 14.1. The Morgan fingerprint density at radius 2 is 1.76 bits per heavy atom. The fraction of sp³-hybridized carbons (Fsp3) is 0.130. The summed E-state index contributed by atoms with van der Waals surface area (Å²) in [6.45, 7) is 0.604. The van der Waals surface area contributed by atoms with Gasteiger partial charge in [-0.25, -0.2) is 22.2 Å². The minimum atomic E-state index is -3.53. The van der Waals surface area contributed by atoms with Crippen molar-refractivity contribution >= 4 is 49.4 Å². The first-order chi connectivity index (χ1) is 15.9. The Morgan fingerprint density at radius 1 is 1.03 bits per heavy atom. The molecule has 1 amide bonds. The summed E-state index contributed by atoms with van der Waals surface area (Å²) in [5, 5.41) is 7.89. The number of fused-ring (bicyclic) bond motifs is 1. The number of rotatable bonds is 8. The van der Waals surface area contributed by atoms with Gasteiger partial charge in [0.2, 0.25) is 10.0 Å². The molecule has 3 aromatic carbocycles. The number of nitrogens with zero attached hydrogens (tertiary/aromatic N) is 2. The number of sulfonamides is 1. The number of alkyl halides is 1. The summed E-state index contributed by atoms with van der Waals surface area (Å²) in [5.74, 6) is -0.613. The molecule has 170 valence electrons. The number of amides is 1. The molecule has 7 nitrogen and oxygen atoms in total. The van der Waals surface area contributed by atoms with Crippen molar-refractivity contribution in [1.29, 1.82) is 0 Å². The third-order valence-electron chi connectivity index (χ3n) is 5.00. The average Bonchev–Trinajstić information content (AvgIpc) is 3.26. The van der Waals surface area contributed by atoms with Crippen molar-refractivity contribution < 1.29 is 17.6 Å². The molecule has 2 N–H and O–H groups in total. The lowest BCUT2D eigenvalue weighted by Crippen LogP contribution is -2.25. The van der Waals surface area contributed by atoms with Crippen LogP contribution in [0.4, 0.5) is 4.39 Å². The molecule has 0 aliphatic carbocycles. The minimum Gasteiger partial charge on any atom is -0.348 e. The fourth-order valence-corrected chi connectivity index (χ4v) is 5.02. The molecular formula is C23H20FIN4O3S. The van der Waals surface area contributed by atoms with Crippen LogP contribution < -0.4 is 10.0 Å². The number of aromatic nitrogens is 2. The number of hydrogen-bond donors (Lipinski definition) is 2. The largest absolute Gasteiger partial charge is 0.348 e. The quantitative estimate of drug-likeness (QED) is 0.246. The van der Waals surface area contributed by atoms with Gasteiger partial charge in [-0.2, -0.15) is 5.10 Å². The maximum Gasteiger partial charge on any atom is 0.252 e. The van der Waals surface area contributed by atoms with Gasteiger partial charge in [-0.15, -0.1) is 0 Å². The number of halogens is 2. The highest BCUT2D eigenvalue weighted by atomic mass is 127. The van der Waals surface area contributed by atoms with E-state index in [0.717, 1.165) is 11.1 Å². The van der Waals surface area contributed by atoms with Crippen LogP contribution in [0.15, 0.2) is 77.8 Å². The van der Waals surface area contributed by atoms with Gasteiger partial charge >= 0.3 is 0 Å². The molecule has 0 bridgehead atoms.